The summed E-state index contributed by atoms with van der Waals surface area (Å²) >= 11 is 0. The van der Waals surface area contributed by atoms with Crippen molar-refractivity contribution in [2.75, 3.05) is 6.54 Å². The number of hydrogen-bond acceptors (Lipinski definition) is 2. The van der Waals surface area contributed by atoms with Crippen molar-refractivity contribution in [2.24, 2.45) is 5.41 Å². The molecule has 0 saturated heterocycles. The molecule has 1 aliphatic carbocycles. The number of hydrogen-bond donors (Lipinski definition) is 1. The van der Waals surface area contributed by atoms with Crippen molar-refractivity contribution >= 4 is 0 Å². The minimum Gasteiger partial charge on any atom is -0.312 e. The quantitative estimate of drug-likeness (QED) is 0.904. The highest BCUT2D eigenvalue weighted by atomic mass is 15.3. The van der Waals surface area contributed by atoms with Crippen molar-refractivity contribution in [2.45, 2.75) is 72.9 Å². The molecule has 0 aliphatic heterocycles. The number of likely N-dealkylation sites (N-methyl/N-ethyl adjacent to an activating group) is 1. The predicted molar refractivity (Wildman–Crippen MR) is 80.6 cm³/mol. The van der Waals surface area contributed by atoms with Crippen LogP contribution in [0.25, 0.3) is 0 Å². The van der Waals surface area contributed by atoms with E-state index in [9.17, 15) is 0 Å². The maximum atomic E-state index is 4.81. The summed E-state index contributed by atoms with van der Waals surface area (Å²) in [6, 6.07) is 1.06. The Kier molecular flexibility index (Phi) is 4.05. The summed E-state index contributed by atoms with van der Waals surface area (Å²) in [5.74, 6) is 0. The lowest BCUT2D eigenvalue weighted by molar-refractivity contribution is 0.133. The Balaban J connectivity index is 2.33. The minimum absolute atomic E-state index is 0.427. The van der Waals surface area contributed by atoms with Gasteiger partial charge in [0.1, 0.15) is 0 Å². The van der Waals surface area contributed by atoms with Gasteiger partial charge in [0.05, 0.1) is 11.7 Å². The summed E-state index contributed by atoms with van der Waals surface area (Å²) < 4.78 is 2.29. The van der Waals surface area contributed by atoms with Gasteiger partial charge in [0.15, 0.2) is 0 Å². The second kappa shape index (κ2) is 5.28. The van der Waals surface area contributed by atoms with Crippen molar-refractivity contribution < 1.29 is 0 Å². The van der Waals surface area contributed by atoms with Gasteiger partial charge in [-0.1, -0.05) is 20.8 Å². The molecule has 1 aromatic heterocycles. The third-order valence-electron chi connectivity index (χ3n) is 4.83. The van der Waals surface area contributed by atoms with Crippen LogP contribution < -0.4 is 5.32 Å². The zero-order valence-corrected chi connectivity index (χ0v) is 13.4. The standard InChI is InChI=1S/C16H29N3/c1-7-17-14-8-9-16(5,6)10-15(14)19-13(4)11(2)12(3)18-19/h14-15,17H,7-10H2,1-6H3. The van der Waals surface area contributed by atoms with E-state index in [1.165, 1.54) is 36.2 Å². The van der Waals surface area contributed by atoms with Gasteiger partial charge >= 0.3 is 0 Å². The molecule has 3 heteroatoms. The summed E-state index contributed by atoms with van der Waals surface area (Å²) in [7, 11) is 0. The fraction of sp³-hybridized carbons (Fsp3) is 0.812. The molecule has 1 aliphatic rings. The molecule has 0 spiro atoms. The summed E-state index contributed by atoms with van der Waals surface area (Å²) in [6.07, 6.45) is 3.77. The summed E-state index contributed by atoms with van der Waals surface area (Å²) in [5.41, 5.74) is 4.29. The maximum absolute atomic E-state index is 4.81. The number of rotatable bonds is 3. The largest absolute Gasteiger partial charge is 0.312 e. The number of nitrogens with zero attached hydrogens (tertiary/aromatic N) is 2. The van der Waals surface area contributed by atoms with Gasteiger partial charge in [0.25, 0.3) is 0 Å². The maximum Gasteiger partial charge on any atom is 0.0680 e. The average Bonchev–Trinajstić information content (AvgIpc) is 2.59. The van der Waals surface area contributed by atoms with Gasteiger partial charge in [-0.2, -0.15) is 5.10 Å². The van der Waals surface area contributed by atoms with Crippen LogP contribution in [0.15, 0.2) is 0 Å². The van der Waals surface area contributed by atoms with E-state index in [2.05, 4.69) is 51.5 Å². The van der Waals surface area contributed by atoms with E-state index >= 15 is 0 Å². The molecule has 1 saturated carbocycles. The first kappa shape index (κ1) is 14.6. The third kappa shape index (κ3) is 2.86. The van der Waals surface area contributed by atoms with Crippen LogP contribution in [0.2, 0.25) is 0 Å². The molecule has 108 valence electrons. The van der Waals surface area contributed by atoms with Crippen LogP contribution in [0, 0.1) is 26.2 Å². The highest BCUT2D eigenvalue weighted by Gasteiger charge is 2.36. The van der Waals surface area contributed by atoms with Gasteiger partial charge in [0, 0.05) is 11.7 Å². The van der Waals surface area contributed by atoms with E-state index in [-0.39, 0.29) is 0 Å². The van der Waals surface area contributed by atoms with E-state index in [1.54, 1.807) is 0 Å². The van der Waals surface area contributed by atoms with Crippen molar-refractivity contribution in [3.63, 3.8) is 0 Å². The molecular formula is C16H29N3. The molecule has 2 rings (SSSR count). The van der Waals surface area contributed by atoms with E-state index in [4.69, 9.17) is 5.10 Å². The minimum atomic E-state index is 0.427. The van der Waals surface area contributed by atoms with Crippen molar-refractivity contribution in [1.82, 2.24) is 15.1 Å². The second-order valence-electron chi connectivity index (χ2n) is 6.88. The summed E-state index contributed by atoms with van der Waals surface area (Å²) in [6.45, 7) is 14.5. The van der Waals surface area contributed by atoms with Gasteiger partial charge in [-0.25, -0.2) is 0 Å². The molecule has 0 radical (unpaired) electrons. The van der Waals surface area contributed by atoms with Crippen LogP contribution in [-0.4, -0.2) is 22.4 Å². The van der Waals surface area contributed by atoms with Crippen molar-refractivity contribution in [3.8, 4) is 0 Å². The van der Waals surface area contributed by atoms with E-state index < -0.39 is 0 Å². The number of nitrogens with one attached hydrogen (secondary N) is 1. The lowest BCUT2D eigenvalue weighted by atomic mass is 9.73. The van der Waals surface area contributed by atoms with Crippen LogP contribution in [0.4, 0.5) is 0 Å². The van der Waals surface area contributed by atoms with Crippen LogP contribution >= 0.6 is 0 Å². The van der Waals surface area contributed by atoms with Crippen LogP contribution in [-0.2, 0) is 0 Å². The van der Waals surface area contributed by atoms with E-state index in [1.807, 2.05) is 0 Å². The summed E-state index contributed by atoms with van der Waals surface area (Å²) in [5, 5.41) is 8.47. The number of aromatic nitrogens is 2. The van der Waals surface area contributed by atoms with Crippen molar-refractivity contribution in [1.29, 1.82) is 0 Å². The molecule has 19 heavy (non-hydrogen) atoms. The van der Waals surface area contributed by atoms with Gasteiger partial charge in [0.2, 0.25) is 0 Å². The normalized spacial score (nSPS) is 26.6. The number of aryl methyl sites for hydroxylation is 1. The topological polar surface area (TPSA) is 29.9 Å². The Labute approximate surface area is 117 Å². The SMILES string of the molecule is CCNC1CCC(C)(C)CC1n1nc(C)c(C)c1C. The average molecular weight is 263 g/mol. The highest BCUT2D eigenvalue weighted by Crippen LogP contribution is 2.41. The second-order valence-corrected chi connectivity index (χ2v) is 6.88. The van der Waals surface area contributed by atoms with Crippen LogP contribution in [0.1, 0.15) is 63.0 Å². The van der Waals surface area contributed by atoms with Gasteiger partial charge in [-0.3, -0.25) is 4.68 Å². The highest BCUT2D eigenvalue weighted by molar-refractivity contribution is 5.23. The van der Waals surface area contributed by atoms with Crippen LogP contribution in [0.3, 0.4) is 0 Å². The lowest BCUT2D eigenvalue weighted by Crippen LogP contribution is -2.44. The monoisotopic (exact) mass is 263 g/mol. The molecular weight excluding hydrogens is 234 g/mol. The molecule has 1 aromatic rings. The first-order chi connectivity index (χ1) is 8.85. The molecule has 0 bridgehead atoms. The molecule has 0 aromatic carbocycles. The van der Waals surface area contributed by atoms with E-state index in [0.717, 1.165) is 6.54 Å². The Hall–Kier alpha value is -0.830. The zero-order valence-electron chi connectivity index (χ0n) is 13.4. The Morgan fingerprint density at radius 2 is 2.00 bits per heavy atom. The molecule has 0 amide bonds. The summed E-state index contributed by atoms with van der Waals surface area (Å²) in [4.78, 5) is 0. The first-order valence-corrected chi connectivity index (χ1v) is 7.61. The van der Waals surface area contributed by atoms with Gasteiger partial charge in [-0.15, -0.1) is 0 Å². The fourth-order valence-electron chi connectivity index (χ4n) is 3.37. The van der Waals surface area contributed by atoms with Crippen LogP contribution in [0.5, 0.6) is 0 Å². The molecule has 3 nitrogen and oxygen atoms in total. The predicted octanol–water partition coefficient (Wildman–Crippen LogP) is 3.54. The molecule has 2 unspecified atom stereocenters. The molecule has 1 N–H and O–H groups in total. The van der Waals surface area contributed by atoms with Gasteiger partial charge < -0.3 is 5.32 Å². The fourth-order valence-corrected chi connectivity index (χ4v) is 3.37. The smallest absolute Gasteiger partial charge is 0.0680 e. The Morgan fingerprint density at radius 3 is 2.53 bits per heavy atom. The van der Waals surface area contributed by atoms with Crippen molar-refractivity contribution in [3.05, 3.63) is 17.0 Å². The molecule has 1 fully saturated rings. The third-order valence-corrected chi connectivity index (χ3v) is 4.83. The Bertz CT molecular complexity index is 445. The van der Waals surface area contributed by atoms with E-state index in [0.29, 0.717) is 17.5 Å². The molecule has 2 atom stereocenters. The lowest BCUT2D eigenvalue weighted by Gasteiger charge is -2.41. The molecule has 1 heterocycles. The zero-order chi connectivity index (χ0) is 14.2. The van der Waals surface area contributed by atoms with Gasteiger partial charge in [-0.05, 0) is 57.6 Å². The Morgan fingerprint density at radius 1 is 1.32 bits per heavy atom. The first-order valence-electron chi connectivity index (χ1n) is 7.61.